The Morgan fingerprint density at radius 2 is 1.80 bits per heavy atom. The van der Waals surface area contributed by atoms with Gasteiger partial charge >= 0.3 is 0 Å². The molecule has 1 aromatic carbocycles. The molecule has 3 fully saturated rings. The van der Waals surface area contributed by atoms with E-state index in [9.17, 15) is 5.11 Å². The summed E-state index contributed by atoms with van der Waals surface area (Å²) in [7, 11) is 1.62. The van der Waals surface area contributed by atoms with Crippen molar-refractivity contribution < 1.29 is 9.84 Å². The number of ether oxygens (including phenoxy) is 1. The summed E-state index contributed by atoms with van der Waals surface area (Å²) in [6.07, 6.45) is 11.8. The van der Waals surface area contributed by atoms with Gasteiger partial charge in [0.2, 0.25) is 5.88 Å². The van der Waals surface area contributed by atoms with Crippen LogP contribution in [0.5, 0.6) is 11.6 Å². The molecule has 4 heteroatoms. The number of aryl methyl sites for hydroxylation is 1. The second-order valence-corrected chi connectivity index (χ2v) is 7.99. The number of nitrogens with zero attached hydrogens (tertiary/aromatic N) is 2. The number of benzene rings is 1. The molecule has 1 aromatic heterocycles. The Hall–Kier alpha value is -1.84. The number of rotatable bonds is 7. The van der Waals surface area contributed by atoms with Crippen LogP contribution in [0.1, 0.15) is 57.1 Å². The molecule has 134 valence electrons. The molecule has 25 heavy (non-hydrogen) atoms. The second-order valence-electron chi connectivity index (χ2n) is 7.99. The van der Waals surface area contributed by atoms with Crippen LogP contribution in [0.2, 0.25) is 0 Å². The quantitative estimate of drug-likeness (QED) is 0.730. The van der Waals surface area contributed by atoms with Crippen molar-refractivity contribution in [2.45, 2.75) is 57.8 Å². The zero-order valence-corrected chi connectivity index (χ0v) is 15.1. The van der Waals surface area contributed by atoms with Crippen LogP contribution in [-0.2, 0) is 6.42 Å². The first-order chi connectivity index (χ1) is 12.2. The molecule has 1 heterocycles. The van der Waals surface area contributed by atoms with Crippen LogP contribution in [0, 0.1) is 17.8 Å². The highest BCUT2D eigenvalue weighted by atomic mass is 16.5. The van der Waals surface area contributed by atoms with Crippen LogP contribution in [-0.4, -0.2) is 22.2 Å². The molecular formula is C21H28N2O2. The fourth-order valence-electron chi connectivity index (χ4n) is 4.79. The van der Waals surface area contributed by atoms with Gasteiger partial charge in [0.05, 0.1) is 18.1 Å². The SMILES string of the molecule is COc1ccc2nc(CCCCCC3CC4CC(C3)C4)c(O)nc2c1. The first-order valence-electron chi connectivity index (χ1n) is 9.75. The maximum atomic E-state index is 10.2. The molecule has 5 rings (SSSR count). The summed E-state index contributed by atoms with van der Waals surface area (Å²) in [6, 6.07) is 5.59. The van der Waals surface area contributed by atoms with Crippen molar-refractivity contribution in [2.24, 2.45) is 17.8 Å². The van der Waals surface area contributed by atoms with E-state index < -0.39 is 0 Å². The van der Waals surface area contributed by atoms with Crippen molar-refractivity contribution in [3.63, 3.8) is 0 Å². The third-order valence-electron chi connectivity index (χ3n) is 6.12. The average Bonchev–Trinajstić information content (AvgIpc) is 2.60. The van der Waals surface area contributed by atoms with E-state index in [0.29, 0.717) is 5.52 Å². The van der Waals surface area contributed by atoms with Gasteiger partial charge in [-0.15, -0.1) is 0 Å². The molecule has 2 aromatic rings. The molecule has 3 aliphatic carbocycles. The van der Waals surface area contributed by atoms with E-state index >= 15 is 0 Å². The van der Waals surface area contributed by atoms with Gasteiger partial charge in [-0.3, -0.25) is 0 Å². The van der Waals surface area contributed by atoms with Gasteiger partial charge in [-0.25, -0.2) is 9.97 Å². The monoisotopic (exact) mass is 340 g/mol. The van der Waals surface area contributed by atoms with Crippen LogP contribution in [0.15, 0.2) is 18.2 Å². The van der Waals surface area contributed by atoms with E-state index in [1.165, 1.54) is 44.9 Å². The van der Waals surface area contributed by atoms with Crippen LogP contribution in [0.4, 0.5) is 0 Å². The topological polar surface area (TPSA) is 55.2 Å². The van der Waals surface area contributed by atoms with Gasteiger partial charge in [-0.05, 0) is 68.4 Å². The lowest BCUT2D eigenvalue weighted by molar-refractivity contribution is 0.0624. The van der Waals surface area contributed by atoms with Crippen molar-refractivity contribution in [1.82, 2.24) is 9.97 Å². The number of unbranched alkanes of at least 4 members (excludes halogenated alkanes) is 2. The maximum absolute atomic E-state index is 10.2. The highest BCUT2D eigenvalue weighted by Crippen LogP contribution is 2.49. The van der Waals surface area contributed by atoms with Crippen molar-refractivity contribution >= 4 is 11.0 Å². The number of fused-ring (bicyclic) bond motifs is 3. The smallest absolute Gasteiger partial charge is 0.233 e. The minimum absolute atomic E-state index is 0.0631. The van der Waals surface area contributed by atoms with Crippen molar-refractivity contribution in [3.8, 4) is 11.6 Å². The summed E-state index contributed by atoms with van der Waals surface area (Å²) in [5, 5.41) is 10.2. The summed E-state index contributed by atoms with van der Waals surface area (Å²) in [5.41, 5.74) is 2.21. The summed E-state index contributed by atoms with van der Waals surface area (Å²) in [6.45, 7) is 0. The zero-order valence-electron chi connectivity index (χ0n) is 15.1. The Labute approximate surface area is 149 Å². The molecule has 0 radical (unpaired) electrons. The van der Waals surface area contributed by atoms with Gasteiger partial charge in [0.15, 0.2) is 0 Å². The highest BCUT2D eigenvalue weighted by Gasteiger charge is 2.37. The van der Waals surface area contributed by atoms with Crippen LogP contribution >= 0.6 is 0 Å². The molecule has 3 aliphatic rings. The van der Waals surface area contributed by atoms with E-state index in [4.69, 9.17) is 4.74 Å². The fraction of sp³-hybridized carbons (Fsp3) is 0.619. The Balaban J connectivity index is 1.26. The Morgan fingerprint density at radius 3 is 2.56 bits per heavy atom. The molecular weight excluding hydrogens is 312 g/mol. The Bertz CT molecular complexity index is 730. The molecule has 0 amide bonds. The number of hydrogen-bond donors (Lipinski definition) is 1. The molecule has 4 nitrogen and oxygen atoms in total. The van der Waals surface area contributed by atoms with E-state index in [1.807, 2.05) is 12.1 Å². The number of aromatic nitrogens is 2. The van der Waals surface area contributed by atoms with Crippen LogP contribution in [0.25, 0.3) is 11.0 Å². The summed E-state index contributed by atoms with van der Waals surface area (Å²) in [5.74, 6) is 3.91. The van der Waals surface area contributed by atoms with Crippen molar-refractivity contribution in [3.05, 3.63) is 23.9 Å². The maximum Gasteiger partial charge on any atom is 0.233 e. The first-order valence-corrected chi connectivity index (χ1v) is 9.75. The van der Waals surface area contributed by atoms with Crippen LogP contribution in [0.3, 0.4) is 0 Å². The Morgan fingerprint density at radius 1 is 1.00 bits per heavy atom. The zero-order chi connectivity index (χ0) is 17.2. The largest absolute Gasteiger partial charge is 0.497 e. The van der Waals surface area contributed by atoms with Gasteiger partial charge in [0.25, 0.3) is 0 Å². The van der Waals surface area contributed by atoms with Gasteiger partial charge in [-0.1, -0.05) is 19.3 Å². The molecule has 0 aliphatic heterocycles. The average molecular weight is 340 g/mol. The summed E-state index contributed by atoms with van der Waals surface area (Å²) in [4.78, 5) is 8.87. The number of methoxy groups -OCH3 is 1. The molecule has 1 N–H and O–H groups in total. The summed E-state index contributed by atoms with van der Waals surface area (Å²) < 4.78 is 5.19. The second kappa shape index (κ2) is 7.19. The Kier molecular flexibility index (Phi) is 4.78. The minimum Gasteiger partial charge on any atom is -0.497 e. The van der Waals surface area contributed by atoms with Crippen molar-refractivity contribution in [2.75, 3.05) is 7.11 Å². The van der Waals surface area contributed by atoms with E-state index in [0.717, 1.165) is 47.6 Å². The predicted molar refractivity (Wildman–Crippen MR) is 98.9 cm³/mol. The lowest BCUT2D eigenvalue weighted by atomic mass is 9.60. The van der Waals surface area contributed by atoms with Gasteiger partial charge in [0.1, 0.15) is 11.4 Å². The van der Waals surface area contributed by atoms with Gasteiger partial charge in [0, 0.05) is 6.07 Å². The van der Waals surface area contributed by atoms with Crippen molar-refractivity contribution in [1.29, 1.82) is 0 Å². The molecule has 0 unspecified atom stereocenters. The molecule has 0 saturated heterocycles. The first kappa shape index (κ1) is 16.6. The number of aromatic hydroxyl groups is 1. The predicted octanol–water partition coefficient (Wildman–Crippen LogP) is 4.88. The van der Waals surface area contributed by atoms with E-state index in [1.54, 1.807) is 13.2 Å². The van der Waals surface area contributed by atoms with Crippen LogP contribution < -0.4 is 4.74 Å². The third kappa shape index (κ3) is 3.73. The normalized spacial score (nSPS) is 24.9. The number of hydrogen-bond acceptors (Lipinski definition) is 4. The standard InChI is InChI=1S/C21H28N2O2/c1-25-17-7-8-18-20(13-17)23-21(24)19(22-18)6-4-2-3-5-14-9-15-11-16(10-14)12-15/h7-8,13-16H,2-6,9-12H2,1H3,(H,23,24). The van der Waals surface area contributed by atoms with E-state index in [-0.39, 0.29) is 5.88 Å². The molecule has 0 spiro atoms. The minimum atomic E-state index is 0.0631. The lowest BCUT2D eigenvalue weighted by Crippen LogP contribution is -2.33. The summed E-state index contributed by atoms with van der Waals surface area (Å²) >= 11 is 0. The van der Waals surface area contributed by atoms with E-state index in [2.05, 4.69) is 9.97 Å². The van der Waals surface area contributed by atoms with Gasteiger partial charge in [-0.2, -0.15) is 0 Å². The van der Waals surface area contributed by atoms with Gasteiger partial charge < -0.3 is 9.84 Å². The molecule has 2 bridgehead atoms. The highest BCUT2D eigenvalue weighted by molar-refractivity contribution is 5.76. The third-order valence-corrected chi connectivity index (χ3v) is 6.12. The molecule has 3 saturated carbocycles. The molecule has 0 atom stereocenters. The fourth-order valence-corrected chi connectivity index (χ4v) is 4.79. The lowest BCUT2D eigenvalue weighted by Gasteiger charge is -2.45.